The third-order valence-electron chi connectivity index (χ3n) is 2.12. The van der Waals surface area contributed by atoms with E-state index in [2.05, 4.69) is 15.9 Å². The van der Waals surface area contributed by atoms with Gasteiger partial charge < -0.3 is 9.47 Å². The van der Waals surface area contributed by atoms with Gasteiger partial charge in [-0.2, -0.15) is 0 Å². The van der Waals surface area contributed by atoms with Gasteiger partial charge in [0.05, 0.1) is 18.8 Å². The Morgan fingerprint density at radius 2 is 2.00 bits per heavy atom. The quantitative estimate of drug-likeness (QED) is 0.797. The lowest BCUT2D eigenvalue weighted by Crippen LogP contribution is -2.08. The van der Waals surface area contributed by atoms with Crippen molar-refractivity contribution in [2.45, 2.75) is 20.8 Å². The third-order valence-corrected chi connectivity index (χ3v) is 2.58. The molecule has 0 spiro atoms. The minimum Gasteiger partial charge on any atom is -0.494 e. The predicted octanol–water partition coefficient (Wildman–Crippen LogP) is 3.33. The number of esters is 1. The van der Waals surface area contributed by atoms with Crippen LogP contribution >= 0.6 is 15.9 Å². The van der Waals surface area contributed by atoms with E-state index in [1.807, 2.05) is 19.9 Å². The summed E-state index contributed by atoms with van der Waals surface area (Å²) in [6.07, 6.45) is 0. The van der Waals surface area contributed by atoms with Gasteiger partial charge in [0.15, 0.2) is 0 Å². The van der Waals surface area contributed by atoms with Crippen LogP contribution in [-0.4, -0.2) is 19.2 Å². The normalized spacial score (nSPS) is 10.0. The van der Waals surface area contributed by atoms with Crippen molar-refractivity contribution >= 4 is 21.9 Å². The van der Waals surface area contributed by atoms with E-state index < -0.39 is 0 Å². The first-order valence-electron chi connectivity index (χ1n) is 5.20. The maximum atomic E-state index is 11.7. The summed E-state index contributed by atoms with van der Waals surface area (Å²) in [4.78, 5) is 11.7. The summed E-state index contributed by atoms with van der Waals surface area (Å²) < 4.78 is 11.2. The molecule has 0 aliphatic carbocycles. The van der Waals surface area contributed by atoms with Crippen LogP contribution in [0.4, 0.5) is 0 Å². The highest BCUT2D eigenvalue weighted by atomic mass is 79.9. The van der Waals surface area contributed by atoms with Gasteiger partial charge in [-0.1, -0.05) is 15.9 Å². The average molecular weight is 287 g/mol. The van der Waals surface area contributed by atoms with Crippen molar-refractivity contribution in [2.24, 2.45) is 0 Å². The molecule has 4 heteroatoms. The average Bonchev–Trinajstić information content (AvgIpc) is 2.23. The number of hydrogen-bond donors (Lipinski definition) is 0. The van der Waals surface area contributed by atoms with Crippen molar-refractivity contribution in [1.82, 2.24) is 0 Å². The smallest absolute Gasteiger partial charge is 0.338 e. The highest BCUT2D eigenvalue weighted by molar-refractivity contribution is 9.10. The highest BCUT2D eigenvalue weighted by Gasteiger charge is 2.14. The van der Waals surface area contributed by atoms with Gasteiger partial charge in [0, 0.05) is 10.0 Å². The van der Waals surface area contributed by atoms with Crippen LogP contribution in [0.5, 0.6) is 5.75 Å². The zero-order valence-electron chi connectivity index (χ0n) is 9.67. The first-order valence-corrected chi connectivity index (χ1v) is 5.99. The van der Waals surface area contributed by atoms with E-state index in [4.69, 9.17) is 9.47 Å². The molecule has 16 heavy (non-hydrogen) atoms. The van der Waals surface area contributed by atoms with Crippen molar-refractivity contribution < 1.29 is 14.3 Å². The van der Waals surface area contributed by atoms with E-state index in [0.717, 1.165) is 10.0 Å². The molecule has 0 N–H and O–H groups in total. The summed E-state index contributed by atoms with van der Waals surface area (Å²) in [5, 5.41) is 0. The lowest BCUT2D eigenvalue weighted by atomic mass is 10.1. The van der Waals surface area contributed by atoms with Crippen molar-refractivity contribution in [3.05, 3.63) is 27.7 Å². The number of halogens is 1. The summed E-state index contributed by atoms with van der Waals surface area (Å²) in [5.41, 5.74) is 1.35. The molecule has 88 valence electrons. The molecular formula is C12H15BrO3. The molecule has 0 unspecified atom stereocenters. The molecule has 3 nitrogen and oxygen atoms in total. The number of carbonyl (C=O) groups is 1. The summed E-state index contributed by atoms with van der Waals surface area (Å²) in [6, 6.07) is 3.59. The molecule has 0 amide bonds. The molecule has 0 aromatic heterocycles. The number of carbonyl (C=O) groups excluding carboxylic acids is 1. The molecule has 0 fully saturated rings. The maximum absolute atomic E-state index is 11.7. The van der Waals surface area contributed by atoms with Crippen LogP contribution < -0.4 is 4.74 Å². The van der Waals surface area contributed by atoms with Gasteiger partial charge in [-0.25, -0.2) is 4.79 Å². The van der Waals surface area contributed by atoms with E-state index in [0.29, 0.717) is 24.5 Å². The molecule has 1 rings (SSSR count). The second kappa shape index (κ2) is 5.89. The molecule has 0 aliphatic rings. The molecule has 0 aliphatic heterocycles. The van der Waals surface area contributed by atoms with Crippen molar-refractivity contribution in [1.29, 1.82) is 0 Å². The molecular weight excluding hydrogens is 272 g/mol. The van der Waals surface area contributed by atoms with E-state index >= 15 is 0 Å². The van der Waals surface area contributed by atoms with Gasteiger partial charge in [-0.05, 0) is 32.9 Å². The molecule has 0 atom stereocenters. The number of benzene rings is 1. The van der Waals surface area contributed by atoms with E-state index in [9.17, 15) is 4.79 Å². The zero-order chi connectivity index (χ0) is 12.1. The number of ether oxygens (including phenoxy) is 2. The maximum Gasteiger partial charge on any atom is 0.338 e. The van der Waals surface area contributed by atoms with E-state index in [1.165, 1.54) is 0 Å². The van der Waals surface area contributed by atoms with Crippen LogP contribution in [-0.2, 0) is 4.74 Å². The van der Waals surface area contributed by atoms with Crippen LogP contribution in [0, 0.1) is 6.92 Å². The summed E-state index contributed by atoms with van der Waals surface area (Å²) in [6.45, 7) is 6.48. The first kappa shape index (κ1) is 13.0. The Morgan fingerprint density at radius 3 is 2.56 bits per heavy atom. The van der Waals surface area contributed by atoms with Crippen molar-refractivity contribution in [3.63, 3.8) is 0 Å². The van der Waals surface area contributed by atoms with Crippen molar-refractivity contribution in [3.8, 4) is 5.75 Å². The molecule has 0 saturated carbocycles. The Labute approximate surface area is 104 Å². The predicted molar refractivity (Wildman–Crippen MR) is 66.0 cm³/mol. The largest absolute Gasteiger partial charge is 0.494 e. The summed E-state index contributed by atoms with van der Waals surface area (Å²) >= 11 is 3.35. The second-order valence-corrected chi connectivity index (χ2v) is 4.15. The van der Waals surface area contributed by atoms with Gasteiger partial charge >= 0.3 is 5.97 Å². The Balaban J connectivity index is 3.13. The zero-order valence-corrected chi connectivity index (χ0v) is 11.3. The lowest BCUT2D eigenvalue weighted by molar-refractivity contribution is 0.0525. The fourth-order valence-electron chi connectivity index (χ4n) is 1.38. The second-order valence-electron chi connectivity index (χ2n) is 3.23. The SMILES string of the molecule is CCOC(=O)c1cc(Br)cc(OCC)c1C. The Bertz CT molecular complexity index is 388. The Hall–Kier alpha value is -1.03. The van der Waals surface area contributed by atoms with E-state index in [-0.39, 0.29) is 5.97 Å². The third kappa shape index (κ3) is 2.98. The lowest BCUT2D eigenvalue weighted by Gasteiger charge is -2.11. The van der Waals surface area contributed by atoms with Gasteiger partial charge in [-0.15, -0.1) is 0 Å². The summed E-state index contributed by atoms with van der Waals surface area (Å²) in [7, 11) is 0. The fourth-order valence-corrected chi connectivity index (χ4v) is 1.82. The molecule has 0 bridgehead atoms. The van der Waals surface area contributed by atoms with E-state index in [1.54, 1.807) is 13.0 Å². The van der Waals surface area contributed by atoms with Gasteiger partial charge in [0.2, 0.25) is 0 Å². The topological polar surface area (TPSA) is 35.5 Å². The molecule has 0 radical (unpaired) electrons. The Kier molecular flexibility index (Phi) is 4.80. The van der Waals surface area contributed by atoms with Crippen LogP contribution in [0.2, 0.25) is 0 Å². The molecule has 1 aromatic carbocycles. The highest BCUT2D eigenvalue weighted by Crippen LogP contribution is 2.27. The van der Waals surface area contributed by atoms with Gasteiger partial charge in [-0.3, -0.25) is 0 Å². The molecule has 0 heterocycles. The standard InChI is InChI=1S/C12H15BrO3/c1-4-15-11-7-9(13)6-10(8(11)3)12(14)16-5-2/h6-7H,4-5H2,1-3H3. The summed E-state index contributed by atoms with van der Waals surface area (Å²) in [5.74, 6) is 0.391. The van der Waals surface area contributed by atoms with Crippen LogP contribution in [0.25, 0.3) is 0 Å². The minimum absolute atomic E-state index is 0.317. The van der Waals surface area contributed by atoms with Crippen LogP contribution in [0.15, 0.2) is 16.6 Å². The minimum atomic E-state index is -0.317. The number of hydrogen-bond acceptors (Lipinski definition) is 3. The monoisotopic (exact) mass is 286 g/mol. The van der Waals surface area contributed by atoms with Gasteiger partial charge in [0.25, 0.3) is 0 Å². The van der Waals surface area contributed by atoms with Crippen LogP contribution in [0.1, 0.15) is 29.8 Å². The molecule has 1 aromatic rings. The Morgan fingerprint density at radius 1 is 1.31 bits per heavy atom. The first-order chi connectivity index (χ1) is 7.60. The number of rotatable bonds is 4. The van der Waals surface area contributed by atoms with Gasteiger partial charge in [0.1, 0.15) is 5.75 Å². The fraction of sp³-hybridized carbons (Fsp3) is 0.417. The molecule has 0 saturated heterocycles. The van der Waals surface area contributed by atoms with Crippen molar-refractivity contribution in [2.75, 3.05) is 13.2 Å². The van der Waals surface area contributed by atoms with Crippen LogP contribution in [0.3, 0.4) is 0 Å².